The van der Waals surface area contributed by atoms with E-state index in [4.69, 9.17) is 4.74 Å². The number of fused-ring (bicyclic) bond motifs is 1. The first-order valence-corrected chi connectivity index (χ1v) is 6.23. The zero-order chi connectivity index (χ0) is 15.9. The van der Waals surface area contributed by atoms with Gasteiger partial charge in [-0.05, 0) is 30.3 Å². The maximum atomic E-state index is 12.7. The fraction of sp³-hybridized carbons (Fsp3) is 0.143. The van der Waals surface area contributed by atoms with Crippen LogP contribution in [-0.2, 0) is 6.18 Å². The molecule has 0 N–H and O–H groups in total. The predicted molar refractivity (Wildman–Crippen MR) is 71.6 cm³/mol. The Balaban J connectivity index is 2.15. The zero-order valence-electron chi connectivity index (χ0n) is 11.3. The smallest absolute Gasteiger partial charge is 0.416 e. The van der Waals surface area contributed by atoms with Gasteiger partial charge in [0.05, 0.1) is 35.6 Å². The van der Waals surface area contributed by atoms with Crippen LogP contribution in [0.1, 0.15) is 5.56 Å². The van der Waals surface area contributed by atoms with Crippen molar-refractivity contribution in [1.29, 1.82) is 0 Å². The van der Waals surface area contributed by atoms with E-state index in [1.54, 1.807) is 18.3 Å². The van der Waals surface area contributed by atoms with E-state index in [0.29, 0.717) is 15.8 Å². The standard InChI is InChI=1S/C14H10F3N3O2/c1-22-12-7-10(14(15,16)17)4-5-11(12)19-8-9-3-2-6-20(21)13(9)18-19/h2-8H,1H3. The Bertz CT molecular complexity index is 843. The minimum absolute atomic E-state index is 0.0140. The molecule has 0 saturated carbocycles. The van der Waals surface area contributed by atoms with Crippen LogP contribution in [0.25, 0.3) is 16.7 Å². The van der Waals surface area contributed by atoms with Crippen molar-refractivity contribution in [2.24, 2.45) is 0 Å². The van der Waals surface area contributed by atoms with E-state index >= 15 is 0 Å². The highest BCUT2D eigenvalue weighted by molar-refractivity contribution is 5.71. The summed E-state index contributed by atoms with van der Waals surface area (Å²) in [5.74, 6) is 0.0140. The number of aromatic nitrogens is 3. The zero-order valence-corrected chi connectivity index (χ0v) is 11.3. The molecule has 22 heavy (non-hydrogen) atoms. The average molecular weight is 309 g/mol. The van der Waals surface area contributed by atoms with E-state index in [0.717, 1.165) is 12.1 Å². The van der Waals surface area contributed by atoms with Gasteiger partial charge in [0.1, 0.15) is 11.4 Å². The second-order valence-electron chi connectivity index (χ2n) is 4.57. The molecule has 3 aromatic rings. The van der Waals surface area contributed by atoms with Crippen LogP contribution in [0.5, 0.6) is 5.75 Å². The summed E-state index contributed by atoms with van der Waals surface area (Å²) >= 11 is 0. The van der Waals surface area contributed by atoms with E-state index in [9.17, 15) is 18.4 Å². The summed E-state index contributed by atoms with van der Waals surface area (Å²) in [4.78, 5) is 0. The second kappa shape index (κ2) is 4.90. The Morgan fingerprint density at radius 1 is 1.27 bits per heavy atom. The molecule has 0 atom stereocenters. The number of alkyl halides is 3. The molecule has 0 fully saturated rings. The summed E-state index contributed by atoms with van der Waals surface area (Å²) in [5, 5.41) is 16.3. The van der Waals surface area contributed by atoms with Crippen molar-refractivity contribution in [2.45, 2.75) is 6.18 Å². The first-order valence-electron chi connectivity index (χ1n) is 6.23. The molecule has 0 saturated heterocycles. The van der Waals surface area contributed by atoms with Gasteiger partial charge in [-0.15, -0.1) is 4.68 Å². The molecule has 0 radical (unpaired) electrons. The summed E-state index contributed by atoms with van der Waals surface area (Å²) in [6, 6.07) is 6.33. The van der Waals surface area contributed by atoms with Crippen molar-refractivity contribution < 1.29 is 22.6 Å². The van der Waals surface area contributed by atoms with Gasteiger partial charge < -0.3 is 9.94 Å². The Morgan fingerprint density at radius 3 is 2.68 bits per heavy atom. The normalized spacial score (nSPS) is 11.8. The summed E-state index contributed by atoms with van der Waals surface area (Å²) < 4.78 is 45.1. The number of hydrogen-bond acceptors (Lipinski definition) is 3. The molecule has 114 valence electrons. The minimum atomic E-state index is -4.46. The van der Waals surface area contributed by atoms with E-state index in [1.165, 1.54) is 24.1 Å². The molecule has 2 heterocycles. The largest absolute Gasteiger partial charge is 0.710 e. The highest BCUT2D eigenvalue weighted by Crippen LogP contribution is 2.34. The summed E-state index contributed by atoms with van der Waals surface area (Å²) in [7, 11) is 1.27. The van der Waals surface area contributed by atoms with Gasteiger partial charge in [0.15, 0.2) is 0 Å². The predicted octanol–water partition coefficient (Wildman–Crippen LogP) is 2.69. The van der Waals surface area contributed by atoms with E-state index < -0.39 is 11.7 Å². The van der Waals surface area contributed by atoms with Gasteiger partial charge in [-0.25, -0.2) is 4.73 Å². The van der Waals surface area contributed by atoms with Crippen LogP contribution in [0, 0.1) is 5.21 Å². The van der Waals surface area contributed by atoms with Crippen LogP contribution in [0.15, 0.2) is 42.7 Å². The Morgan fingerprint density at radius 2 is 2.05 bits per heavy atom. The lowest BCUT2D eigenvalue weighted by molar-refractivity contribution is -0.579. The molecular formula is C14H10F3N3O2. The van der Waals surface area contributed by atoms with E-state index in [2.05, 4.69) is 5.10 Å². The van der Waals surface area contributed by atoms with Crippen LogP contribution in [0.2, 0.25) is 0 Å². The molecule has 0 spiro atoms. The monoisotopic (exact) mass is 309 g/mol. The molecule has 5 nitrogen and oxygen atoms in total. The number of ether oxygens (including phenoxy) is 1. The molecule has 0 aliphatic carbocycles. The maximum Gasteiger partial charge on any atom is 0.416 e. The number of nitrogens with zero attached hydrogens (tertiary/aromatic N) is 3. The van der Waals surface area contributed by atoms with Crippen molar-refractivity contribution >= 4 is 11.0 Å². The van der Waals surface area contributed by atoms with Crippen LogP contribution in [0.3, 0.4) is 0 Å². The van der Waals surface area contributed by atoms with Crippen molar-refractivity contribution in [1.82, 2.24) is 9.78 Å². The van der Waals surface area contributed by atoms with Crippen molar-refractivity contribution in [2.75, 3.05) is 7.11 Å². The molecule has 1 aromatic carbocycles. The van der Waals surface area contributed by atoms with Gasteiger partial charge in [0, 0.05) is 0 Å². The molecule has 0 aliphatic heterocycles. The van der Waals surface area contributed by atoms with Crippen LogP contribution < -0.4 is 9.47 Å². The first-order chi connectivity index (χ1) is 10.4. The highest BCUT2D eigenvalue weighted by atomic mass is 19.4. The van der Waals surface area contributed by atoms with Crippen LogP contribution in [-0.4, -0.2) is 16.9 Å². The molecule has 0 unspecified atom stereocenters. The summed E-state index contributed by atoms with van der Waals surface area (Å²) in [6.07, 6.45) is -1.61. The average Bonchev–Trinajstić information content (AvgIpc) is 2.91. The number of hydrogen-bond donors (Lipinski definition) is 0. The number of methoxy groups -OCH3 is 1. The van der Waals surface area contributed by atoms with Gasteiger partial charge in [0.25, 0.3) is 0 Å². The molecular weight excluding hydrogens is 299 g/mol. The fourth-order valence-electron chi connectivity index (χ4n) is 2.13. The van der Waals surface area contributed by atoms with Crippen molar-refractivity contribution in [3.8, 4) is 11.4 Å². The first kappa shape index (κ1) is 14.2. The van der Waals surface area contributed by atoms with Gasteiger partial charge in [-0.2, -0.15) is 13.2 Å². The topological polar surface area (TPSA) is 54.0 Å². The third kappa shape index (κ3) is 2.32. The fourth-order valence-corrected chi connectivity index (χ4v) is 2.13. The second-order valence-corrected chi connectivity index (χ2v) is 4.57. The number of rotatable bonds is 2. The molecule has 0 bridgehead atoms. The number of halogens is 3. The lowest BCUT2D eigenvalue weighted by atomic mass is 10.2. The Labute approximate surface area is 122 Å². The molecule has 8 heteroatoms. The quantitative estimate of drug-likeness (QED) is 0.540. The van der Waals surface area contributed by atoms with Gasteiger partial charge in [0.2, 0.25) is 0 Å². The number of benzene rings is 1. The molecule has 2 aromatic heterocycles. The van der Waals surface area contributed by atoms with E-state index in [-0.39, 0.29) is 11.4 Å². The lowest BCUT2D eigenvalue weighted by Crippen LogP contribution is -2.26. The lowest BCUT2D eigenvalue weighted by Gasteiger charge is -2.11. The van der Waals surface area contributed by atoms with E-state index in [1.807, 2.05) is 0 Å². The third-order valence-electron chi connectivity index (χ3n) is 3.18. The minimum Gasteiger partial charge on any atom is -0.710 e. The van der Waals surface area contributed by atoms with Crippen LogP contribution >= 0.6 is 0 Å². The van der Waals surface area contributed by atoms with Crippen LogP contribution in [0.4, 0.5) is 13.2 Å². The molecule has 0 amide bonds. The molecule has 3 rings (SSSR count). The third-order valence-corrected chi connectivity index (χ3v) is 3.18. The van der Waals surface area contributed by atoms with Gasteiger partial charge in [-0.1, -0.05) is 0 Å². The highest BCUT2D eigenvalue weighted by Gasteiger charge is 2.31. The van der Waals surface area contributed by atoms with Crippen molar-refractivity contribution in [3.63, 3.8) is 0 Å². The van der Waals surface area contributed by atoms with Crippen molar-refractivity contribution in [3.05, 3.63) is 53.5 Å². The maximum absolute atomic E-state index is 12.7. The summed E-state index contributed by atoms with van der Waals surface area (Å²) in [6.45, 7) is 0. The Kier molecular flexibility index (Phi) is 3.16. The number of pyridine rings is 1. The Hall–Kier alpha value is -2.77. The van der Waals surface area contributed by atoms with Gasteiger partial charge in [-0.3, -0.25) is 0 Å². The molecule has 0 aliphatic rings. The van der Waals surface area contributed by atoms with Gasteiger partial charge >= 0.3 is 11.8 Å². The SMILES string of the molecule is COc1cc(C(F)(F)F)ccc1-n1cc2ccc[n+]([O-])c2n1. The summed E-state index contributed by atoms with van der Waals surface area (Å²) in [5.41, 5.74) is -0.333.